The fourth-order valence-electron chi connectivity index (χ4n) is 2.34. The highest BCUT2D eigenvalue weighted by atomic mass is 16.2. The summed E-state index contributed by atoms with van der Waals surface area (Å²) in [5.74, 6) is 0.342. The van der Waals surface area contributed by atoms with Gasteiger partial charge in [-0.15, -0.1) is 0 Å². The highest BCUT2D eigenvalue weighted by Gasteiger charge is 2.40. The molecular weight excluding hydrogens is 206 g/mol. The van der Waals surface area contributed by atoms with Crippen LogP contribution in [0.25, 0.3) is 0 Å². The second-order valence-electron chi connectivity index (χ2n) is 4.71. The van der Waals surface area contributed by atoms with Crippen molar-refractivity contribution in [3.8, 4) is 0 Å². The van der Waals surface area contributed by atoms with E-state index in [4.69, 9.17) is 5.73 Å². The molecule has 2 amide bonds. The van der Waals surface area contributed by atoms with Gasteiger partial charge >= 0.3 is 0 Å². The minimum absolute atomic E-state index is 0.0205. The van der Waals surface area contributed by atoms with E-state index in [1.807, 2.05) is 16.7 Å². The first-order valence-corrected chi connectivity index (χ1v) is 5.94. The summed E-state index contributed by atoms with van der Waals surface area (Å²) in [5, 5.41) is 0. The molecule has 0 aromatic carbocycles. The third-order valence-corrected chi connectivity index (χ3v) is 3.31. The number of amides is 2. The molecule has 90 valence electrons. The number of carbonyl (C=O) groups is 2. The summed E-state index contributed by atoms with van der Waals surface area (Å²) in [6.07, 6.45) is 1.95. The Labute approximate surface area is 95.6 Å². The number of nitrogens with two attached hydrogens (primary N) is 1. The summed E-state index contributed by atoms with van der Waals surface area (Å²) in [6.45, 7) is 4.03. The van der Waals surface area contributed by atoms with Crippen LogP contribution in [0.4, 0.5) is 0 Å². The second-order valence-corrected chi connectivity index (χ2v) is 4.71. The lowest BCUT2D eigenvalue weighted by molar-refractivity contribution is -0.144. The standard InChI is InChI=1S/C11H19N3O2/c1-2-3-10(15)13-6-9(7-13)14-5-8(12)4-11(14)16/h8-9H,2-7,12H2,1H3. The van der Waals surface area contributed by atoms with Gasteiger partial charge in [0.25, 0.3) is 0 Å². The summed E-state index contributed by atoms with van der Waals surface area (Å²) >= 11 is 0. The largest absolute Gasteiger partial charge is 0.338 e. The highest BCUT2D eigenvalue weighted by molar-refractivity contribution is 5.81. The van der Waals surface area contributed by atoms with Crippen molar-refractivity contribution in [1.29, 1.82) is 0 Å². The molecule has 0 aromatic rings. The van der Waals surface area contributed by atoms with Gasteiger partial charge in [-0.2, -0.15) is 0 Å². The molecule has 0 spiro atoms. The molecule has 1 unspecified atom stereocenters. The smallest absolute Gasteiger partial charge is 0.224 e. The van der Waals surface area contributed by atoms with Crippen molar-refractivity contribution in [3.63, 3.8) is 0 Å². The Bertz CT molecular complexity index is 300. The molecule has 0 saturated carbocycles. The van der Waals surface area contributed by atoms with Gasteiger partial charge in [0, 0.05) is 38.5 Å². The zero-order valence-electron chi connectivity index (χ0n) is 9.69. The number of hydrogen-bond acceptors (Lipinski definition) is 3. The summed E-state index contributed by atoms with van der Waals surface area (Å²) < 4.78 is 0. The molecule has 5 heteroatoms. The molecule has 2 fully saturated rings. The molecule has 2 aliphatic heterocycles. The van der Waals surface area contributed by atoms with Gasteiger partial charge in [0.05, 0.1) is 6.04 Å². The van der Waals surface area contributed by atoms with Crippen molar-refractivity contribution < 1.29 is 9.59 Å². The van der Waals surface area contributed by atoms with E-state index in [0.29, 0.717) is 32.5 Å². The van der Waals surface area contributed by atoms with Crippen molar-refractivity contribution in [2.45, 2.75) is 38.3 Å². The number of nitrogens with zero attached hydrogens (tertiary/aromatic N) is 2. The number of rotatable bonds is 3. The highest BCUT2D eigenvalue weighted by Crippen LogP contribution is 2.21. The monoisotopic (exact) mass is 225 g/mol. The predicted molar refractivity (Wildman–Crippen MR) is 59.6 cm³/mol. The molecule has 0 aliphatic carbocycles. The normalized spacial score (nSPS) is 26.1. The van der Waals surface area contributed by atoms with Crippen LogP contribution in [-0.2, 0) is 9.59 Å². The Morgan fingerprint density at radius 3 is 2.62 bits per heavy atom. The lowest BCUT2D eigenvalue weighted by Crippen LogP contribution is -2.61. The Hall–Kier alpha value is -1.10. The third-order valence-electron chi connectivity index (χ3n) is 3.31. The Balaban J connectivity index is 1.80. The van der Waals surface area contributed by atoms with E-state index < -0.39 is 0 Å². The zero-order chi connectivity index (χ0) is 11.7. The van der Waals surface area contributed by atoms with Gasteiger partial charge in [-0.1, -0.05) is 6.92 Å². The van der Waals surface area contributed by atoms with Gasteiger partial charge in [-0.3, -0.25) is 9.59 Å². The third kappa shape index (κ3) is 2.04. The summed E-state index contributed by atoms with van der Waals surface area (Å²) in [4.78, 5) is 26.8. The quantitative estimate of drug-likeness (QED) is 0.708. The molecule has 2 rings (SSSR count). The van der Waals surface area contributed by atoms with Crippen molar-refractivity contribution in [2.24, 2.45) is 5.73 Å². The maximum absolute atomic E-state index is 11.6. The molecule has 2 aliphatic rings. The fraction of sp³-hybridized carbons (Fsp3) is 0.818. The number of carbonyl (C=O) groups excluding carboxylic acids is 2. The van der Waals surface area contributed by atoms with Crippen LogP contribution >= 0.6 is 0 Å². The van der Waals surface area contributed by atoms with Crippen LogP contribution in [0.5, 0.6) is 0 Å². The van der Waals surface area contributed by atoms with Gasteiger partial charge < -0.3 is 15.5 Å². The second kappa shape index (κ2) is 4.41. The van der Waals surface area contributed by atoms with E-state index in [2.05, 4.69) is 0 Å². The van der Waals surface area contributed by atoms with Gasteiger partial charge in [-0.25, -0.2) is 0 Å². The average molecular weight is 225 g/mol. The van der Waals surface area contributed by atoms with E-state index in [9.17, 15) is 9.59 Å². The van der Waals surface area contributed by atoms with E-state index in [1.165, 1.54) is 0 Å². The number of likely N-dealkylation sites (tertiary alicyclic amines) is 2. The van der Waals surface area contributed by atoms with Crippen molar-refractivity contribution in [2.75, 3.05) is 19.6 Å². The van der Waals surface area contributed by atoms with E-state index in [0.717, 1.165) is 6.42 Å². The maximum atomic E-state index is 11.6. The first kappa shape index (κ1) is 11.4. The van der Waals surface area contributed by atoms with Crippen LogP contribution in [-0.4, -0.2) is 53.3 Å². The average Bonchev–Trinajstić information content (AvgIpc) is 2.43. The molecule has 5 nitrogen and oxygen atoms in total. The summed E-state index contributed by atoms with van der Waals surface area (Å²) in [6, 6.07) is 0.190. The molecule has 1 atom stereocenters. The molecule has 2 heterocycles. The first-order valence-electron chi connectivity index (χ1n) is 5.94. The lowest BCUT2D eigenvalue weighted by atomic mass is 10.1. The van der Waals surface area contributed by atoms with Gasteiger partial charge in [0.1, 0.15) is 0 Å². The first-order chi connectivity index (χ1) is 7.61. The minimum Gasteiger partial charge on any atom is -0.338 e. The molecule has 0 radical (unpaired) electrons. The van der Waals surface area contributed by atoms with Crippen molar-refractivity contribution in [1.82, 2.24) is 9.80 Å². The number of hydrogen-bond donors (Lipinski definition) is 1. The maximum Gasteiger partial charge on any atom is 0.224 e. The zero-order valence-corrected chi connectivity index (χ0v) is 9.69. The molecule has 2 N–H and O–H groups in total. The van der Waals surface area contributed by atoms with Gasteiger partial charge in [-0.05, 0) is 6.42 Å². The van der Waals surface area contributed by atoms with Crippen molar-refractivity contribution in [3.05, 3.63) is 0 Å². The minimum atomic E-state index is -0.0205. The van der Waals surface area contributed by atoms with Crippen LogP contribution < -0.4 is 5.73 Å². The van der Waals surface area contributed by atoms with Crippen LogP contribution in [0.3, 0.4) is 0 Å². The Kier molecular flexibility index (Phi) is 3.14. The Morgan fingerprint density at radius 1 is 1.44 bits per heavy atom. The van der Waals surface area contributed by atoms with Crippen LogP contribution in [0, 0.1) is 0 Å². The molecule has 0 aromatic heterocycles. The molecule has 16 heavy (non-hydrogen) atoms. The van der Waals surface area contributed by atoms with E-state index >= 15 is 0 Å². The predicted octanol–water partition coefficient (Wildman–Crippen LogP) is -0.443. The summed E-state index contributed by atoms with van der Waals surface area (Å²) in [5.41, 5.74) is 5.73. The van der Waals surface area contributed by atoms with Gasteiger partial charge in [0.2, 0.25) is 11.8 Å². The SMILES string of the molecule is CCCC(=O)N1CC(N2CC(N)CC2=O)C1. The molecule has 0 bridgehead atoms. The van der Waals surface area contributed by atoms with Crippen LogP contribution in [0.1, 0.15) is 26.2 Å². The lowest BCUT2D eigenvalue weighted by Gasteiger charge is -2.44. The van der Waals surface area contributed by atoms with Crippen LogP contribution in [0.15, 0.2) is 0 Å². The summed E-state index contributed by atoms with van der Waals surface area (Å²) in [7, 11) is 0. The molecule has 2 saturated heterocycles. The van der Waals surface area contributed by atoms with E-state index in [1.54, 1.807) is 0 Å². The molecular formula is C11H19N3O2. The van der Waals surface area contributed by atoms with Crippen LogP contribution in [0.2, 0.25) is 0 Å². The van der Waals surface area contributed by atoms with Crippen molar-refractivity contribution >= 4 is 11.8 Å². The topological polar surface area (TPSA) is 66.6 Å². The van der Waals surface area contributed by atoms with E-state index in [-0.39, 0.29) is 23.9 Å². The van der Waals surface area contributed by atoms with Gasteiger partial charge in [0.15, 0.2) is 0 Å². The fourth-order valence-corrected chi connectivity index (χ4v) is 2.34. The Morgan fingerprint density at radius 2 is 2.12 bits per heavy atom.